The molecular formula is C19H28N2O. The van der Waals surface area contributed by atoms with Gasteiger partial charge in [-0.2, -0.15) is 0 Å². The third-order valence-corrected chi connectivity index (χ3v) is 3.11. The molecule has 0 aliphatic rings. The van der Waals surface area contributed by atoms with E-state index in [4.69, 9.17) is 10.6 Å². The smallest absolute Gasteiger partial charge is 0.0746 e. The number of hydrogen-bond acceptors (Lipinski definition) is 3. The summed E-state index contributed by atoms with van der Waals surface area (Å²) in [6.07, 6.45) is 3.21. The molecule has 0 fully saturated rings. The molecule has 22 heavy (non-hydrogen) atoms. The van der Waals surface area contributed by atoms with Crippen molar-refractivity contribution in [3.63, 3.8) is 0 Å². The van der Waals surface area contributed by atoms with E-state index >= 15 is 0 Å². The molecule has 0 saturated heterocycles. The molecule has 0 aliphatic heterocycles. The van der Waals surface area contributed by atoms with Gasteiger partial charge >= 0.3 is 0 Å². The predicted octanol–water partition coefficient (Wildman–Crippen LogP) is 4.85. The average molecular weight is 300 g/mol. The second-order valence-electron chi connectivity index (χ2n) is 4.75. The molecule has 0 aromatic heterocycles. The lowest BCUT2D eigenvalue weighted by atomic mass is 10.1. The van der Waals surface area contributed by atoms with Crippen molar-refractivity contribution in [1.82, 2.24) is 0 Å². The standard InChI is InChI=1S/C17H22N2O.C2H6/c18-12-5-2-6-13-20-19-17-11-7-10-16(14-17)15-8-3-1-4-9-15;1-2/h1,3-4,7-11,14,19H,2,5-6,12-13,18H2;1-2H3. The molecule has 0 unspecified atom stereocenters. The lowest BCUT2D eigenvalue weighted by molar-refractivity contribution is 0.188. The van der Waals surface area contributed by atoms with Crippen LogP contribution in [-0.2, 0) is 4.84 Å². The Morgan fingerprint density at radius 3 is 2.32 bits per heavy atom. The van der Waals surface area contributed by atoms with Gasteiger partial charge in [0.15, 0.2) is 0 Å². The van der Waals surface area contributed by atoms with Gasteiger partial charge in [0.05, 0.1) is 12.3 Å². The molecule has 0 amide bonds. The molecule has 3 N–H and O–H groups in total. The van der Waals surface area contributed by atoms with Crippen LogP contribution in [0.3, 0.4) is 0 Å². The first-order valence-corrected chi connectivity index (χ1v) is 8.13. The van der Waals surface area contributed by atoms with Crippen LogP contribution >= 0.6 is 0 Å². The Kier molecular flexibility index (Phi) is 9.75. The van der Waals surface area contributed by atoms with E-state index in [0.29, 0.717) is 6.61 Å². The third kappa shape index (κ3) is 6.74. The summed E-state index contributed by atoms with van der Waals surface area (Å²) in [5.74, 6) is 0. The largest absolute Gasteiger partial charge is 0.330 e. The van der Waals surface area contributed by atoms with Crippen molar-refractivity contribution >= 4 is 5.69 Å². The second kappa shape index (κ2) is 11.8. The van der Waals surface area contributed by atoms with Crippen LogP contribution in [0.15, 0.2) is 54.6 Å². The summed E-state index contributed by atoms with van der Waals surface area (Å²) in [7, 11) is 0. The lowest BCUT2D eigenvalue weighted by Crippen LogP contribution is -2.04. The van der Waals surface area contributed by atoms with Crippen LogP contribution in [0, 0.1) is 0 Å². The van der Waals surface area contributed by atoms with Gasteiger partial charge in [-0.05, 0) is 49.1 Å². The van der Waals surface area contributed by atoms with E-state index in [9.17, 15) is 0 Å². The quantitative estimate of drug-likeness (QED) is 0.541. The maximum atomic E-state index is 5.47. The number of rotatable bonds is 8. The van der Waals surface area contributed by atoms with E-state index in [2.05, 4.69) is 29.7 Å². The van der Waals surface area contributed by atoms with E-state index in [1.165, 1.54) is 11.1 Å². The SMILES string of the molecule is CC.NCCCCCONc1cccc(-c2ccccc2)c1. The van der Waals surface area contributed by atoms with Gasteiger partial charge in [-0.25, -0.2) is 0 Å². The van der Waals surface area contributed by atoms with Gasteiger partial charge in [-0.15, -0.1) is 0 Å². The highest BCUT2D eigenvalue weighted by molar-refractivity contribution is 5.67. The van der Waals surface area contributed by atoms with Gasteiger partial charge in [-0.1, -0.05) is 56.3 Å². The molecule has 0 bridgehead atoms. The van der Waals surface area contributed by atoms with E-state index in [-0.39, 0.29) is 0 Å². The van der Waals surface area contributed by atoms with Crippen LogP contribution < -0.4 is 11.2 Å². The molecule has 0 aliphatic carbocycles. The lowest BCUT2D eigenvalue weighted by Gasteiger charge is -2.09. The minimum Gasteiger partial charge on any atom is -0.330 e. The number of nitrogens with two attached hydrogens (primary N) is 1. The van der Waals surface area contributed by atoms with Crippen LogP contribution in [0.2, 0.25) is 0 Å². The Labute approximate surface area is 134 Å². The number of anilines is 1. The Morgan fingerprint density at radius 2 is 1.59 bits per heavy atom. The number of benzene rings is 2. The molecule has 2 aromatic rings. The normalized spacial score (nSPS) is 9.77. The van der Waals surface area contributed by atoms with Crippen LogP contribution in [0.25, 0.3) is 11.1 Å². The van der Waals surface area contributed by atoms with Crippen molar-refractivity contribution < 1.29 is 4.84 Å². The van der Waals surface area contributed by atoms with Crippen LogP contribution in [-0.4, -0.2) is 13.2 Å². The van der Waals surface area contributed by atoms with Gasteiger partial charge < -0.3 is 5.73 Å². The molecule has 2 rings (SSSR count). The summed E-state index contributed by atoms with van der Waals surface area (Å²) in [5.41, 5.74) is 11.8. The fraction of sp³-hybridized carbons (Fsp3) is 0.368. The molecule has 120 valence electrons. The van der Waals surface area contributed by atoms with E-state index in [1.807, 2.05) is 44.2 Å². The zero-order valence-electron chi connectivity index (χ0n) is 13.7. The van der Waals surface area contributed by atoms with E-state index in [1.54, 1.807) is 0 Å². The van der Waals surface area contributed by atoms with Crippen molar-refractivity contribution in [2.24, 2.45) is 5.73 Å². The van der Waals surface area contributed by atoms with E-state index < -0.39 is 0 Å². The Morgan fingerprint density at radius 1 is 0.864 bits per heavy atom. The Bertz CT molecular complexity index is 500. The zero-order chi connectivity index (χ0) is 16.0. The topological polar surface area (TPSA) is 47.3 Å². The van der Waals surface area contributed by atoms with Gasteiger partial charge in [-0.3, -0.25) is 10.3 Å². The number of unbranched alkanes of at least 4 members (excludes halogenated alkanes) is 2. The van der Waals surface area contributed by atoms with Crippen molar-refractivity contribution in [1.29, 1.82) is 0 Å². The first-order valence-electron chi connectivity index (χ1n) is 8.13. The highest BCUT2D eigenvalue weighted by atomic mass is 16.6. The molecule has 3 nitrogen and oxygen atoms in total. The maximum Gasteiger partial charge on any atom is 0.0746 e. The molecular weight excluding hydrogens is 272 g/mol. The molecule has 0 saturated carbocycles. The van der Waals surface area contributed by atoms with Crippen molar-refractivity contribution in [2.75, 3.05) is 18.6 Å². The summed E-state index contributed by atoms with van der Waals surface area (Å²) in [6.45, 7) is 5.46. The summed E-state index contributed by atoms with van der Waals surface area (Å²) >= 11 is 0. The molecule has 2 aromatic carbocycles. The Balaban J connectivity index is 0.00000116. The summed E-state index contributed by atoms with van der Waals surface area (Å²) in [4.78, 5) is 5.47. The van der Waals surface area contributed by atoms with Gasteiger partial charge in [0.25, 0.3) is 0 Å². The van der Waals surface area contributed by atoms with E-state index in [0.717, 1.165) is 31.5 Å². The summed E-state index contributed by atoms with van der Waals surface area (Å²) in [5, 5.41) is 0. The van der Waals surface area contributed by atoms with Gasteiger partial charge in [0.2, 0.25) is 0 Å². The van der Waals surface area contributed by atoms with Crippen molar-refractivity contribution in [3.05, 3.63) is 54.6 Å². The molecule has 0 radical (unpaired) electrons. The summed E-state index contributed by atoms with van der Waals surface area (Å²) < 4.78 is 0. The third-order valence-electron chi connectivity index (χ3n) is 3.11. The fourth-order valence-corrected chi connectivity index (χ4v) is 2.02. The number of nitrogens with one attached hydrogen (secondary N) is 1. The zero-order valence-corrected chi connectivity index (χ0v) is 13.7. The monoisotopic (exact) mass is 300 g/mol. The second-order valence-corrected chi connectivity index (χ2v) is 4.75. The highest BCUT2D eigenvalue weighted by Crippen LogP contribution is 2.22. The molecule has 0 atom stereocenters. The minimum atomic E-state index is 0.704. The average Bonchev–Trinajstić information content (AvgIpc) is 2.61. The summed E-state index contributed by atoms with van der Waals surface area (Å²) in [6, 6.07) is 18.5. The molecule has 0 spiro atoms. The first-order chi connectivity index (χ1) is 10.9. The van der Waals surface area contributed by atoms with Crippen LogP contribution in [0.1, 0.15) is 33.1 Å². The van der Waals surface area contributed by atoms with Crippen LogP contribution in [0.5, 0.6) is 0 Å². The maximum absolute atomic E-state index is 5.47. The number of hydrogen-bond donors (Lipinski definition) is 2. The van der Waals surface area contributed by atoms with Crippen molar-refractivity contribution in [3.8, 4) is 11.1 Å². The van der Waals surface area contributed by atoms with Gasteiger partial charge in [0.1, 0.15) is 0 Å². The molecule has 3 heteroatoms. The van der Waals surface area contributed by atoms with Crippen molar-refractivity contribution in [2.45, 2.75) is 33.1 Å². The Hall–Kier alpha value is -1.84. The predicted molar refractivity (Wildman–Crippen MR) is 95.7 cm³/mol. The first kappa shape index (κ1) is 18.2. The molecule has 0 heterocycles. The minimum absolute atomic E-state index is 0.704. The highest BCUT2D eigenvalue weighted by Gasteiger charge is 1.98. The van der Waals surface area contributed by atoms with Gasteiger partial charge in [0, 0.05) is 0 Å². The fourth-order valence-electron chi connectivity index (χ4n) is 2.02. The van der Waals surface area contributed by atoms with Crippen LogP contribution in [0.4, 0.5) is 5.69 Å².